The van der Waals surface area contributed by atoms with E-state index in [0.29, 0.717) is 0 Å². The van der Waals surface area contributed by atoms with Crippen molar-refractivity contribution in [3.05, 3.63) is 34.6 Å². The van der Waals surface area contributed by atoms with E-state index < -0.39 is 62.6 Å². The van der Waals surface area contributed by atoms with Gasteiger partial charge in [0.05, 0.1) is 29.1 Å². The molecule has 0 saturated carbocycles. The van der Waals surface area contributed by atoms with Crippen LogP contribution < -0.4 is 0 Å². The summed E-state index contributed by atoms with van der Waals surface area (Å²) in [4.78, 5) is 13.5. The number of carbonyl (C=O) groups is 1. The molecule has 1 heterocycles. The molecule has 13 heteroatoms. The monoisotopic (exact) mass is 418 g/mol. The lowest BCUT2D eigenvalue weighted by molar-refractivity contribution is 0.000298. The maximum Gasteiger partial charge on any atom is 0.344 e. The predicted molar refractivity (Wildman–Crippen MR) is 77.3 cm³/mol. The Morgan fingerprint density at radius 2 is 1.52 bits per heavy atom. The number of carbonyl (C=O) groups excluding carboxylic acids is 1. The highest BCUT2D eigenvalue weighted by atomic mass is 32.2. The molecule has 152 valence electrons. The van der Waals surface area contributed by atoms with E-state index >= 15 is 0 Å². The Morgan fingerprint density at radius 1 is 1.04 bits per heavy atom. The number of ether oxygens (including phenoxy) is 2. The number of benzene rings is 1. The second kappa shape index (κ2) is 8.46. The Morgan fingerprint density at radius 3 is 2.00 bits per heavy atom. The van der Waals surface area contributed by atoms with E-state index in [1.165, 1.54) is 0 Å². The first-order valence-corrected chi connectivity index (χ1v) is 9.05. The van der Waals surface area contributed by atoms with E-state index in [-0.39, 0.29) is 32.8 Å². The summed E-state index contributed by atoms with van der Waals surface area (Å²) in [5, 5.41) is 0. The van der Waals surface area contributed by atoms with Crippen LogP contribution >= 0.6 is 0 Å². The van der Waals surface area contributed by atoms with Crippen molar-refractivity contribution in [2.75, 3.05) is 38.6 Å². The number of hydrogen-bond donors (Lipinski definition) is 0. The summed E-state index contributed by atoms with van der Waals surface area (Å²) in [7, 11) is -4.93. The fourth-order valence-electron chi connectivity index (χ4n) is 2.42. The molecule has 7 nitrogen and oxygen atoms in total. The summed E-state index contributed by atoms with van der Waals surface area (Å²) in [6.45, 7) is 0.793. The third-order valence-electron chi connectivity index (χ3n) is 3.64. The molecule has 0 aromatic heterocycles. The zero-order valence-electron chi connectivity index (χ0n) is 13.5. The lowest BCUT2D eigenvalue weighted by atomic mass is 10.1. The van der Waals surface area contributed by atoms with Crippen molar-refractivity contribution in [2.45, 2.75) is 6.10 Å². The fraction of sp³-hybridized carbons (Fsp3) is 0.500. The van der Waals surface area contributed by atoms with Gasteiger partial charge in [-0.1, -0.05) is 0 Å². The number of nitrogens with zero attached hydrogens (tertiary/aromatic N) is 1. The van der Waals surface area contributed by atoms with Crippen molar-refractivity contribution < 1.29 is 49.2 Å². The molecule has 1 aromatic rings. The van der Waals surface area contributed by atoms with Gasteiger partial charge in [-0.3, -0.25) is 4.90 Å². The van der Waals surface area contributed by atoms with Crippen LogP contribution in [0.2, 0.25) is 0 Å². The van der Waals surface area contributed by atoms with Crippen LogP contribution in [0.1, 0.15) is 10.4 Å². The van der Waals surface area contributed by atoms with Crippen LogP contribution in [0.5, 0.6) is 0 Å². The summed E-state index contributed by atoms with van der Waals surface area (Å²) in [5.74, 6) is -15.3. The summed E-state index contributed by atoms with van der Waals surface area (Å²) in [6.07, 6.45) is -1.69. The average molecular weight is 418 g/mol. The number of morpholine rings is 1. The standard InChI is InChI=1S/C14H14F5NO6S/c15-9-8(10(16)12(18)13(19)11(9)17)14(21)26-7(6-27(22,23)24)5-20-1-3-25-4-2-20/h7H,1-6H2,(H,22,23,24)/p-1. The number of hydrogen-bond acceptors (Lipinski definition) is 7. The minimum absolute atomic E-state index is 0.266. The van der Waals surface area contributed by atoms with Crippen molar-refractivity contribution in [1.82, 2.24) is 4.90 Å². The Labute approximate surface area is 150 Å². The maximum absolute atomic E-state index is 13.7. The van der Waals surface area contributed by atoms with E-state index in [1.54, 1.807) is 4.90 Å². The maximum atomic E-state index is 13.7. The topological polar surface area (TPSA) is 96.0 Å². The molecule has 1 fully saturated rings. The second-order valence-corrected chi connectivity index (χ2v) is 7.06. The molecule has 27 heavy (non-hydrogen) atoms. The molecular formula is C14H13F5NO6S-. The molecule has 0 N–H and O–H groups in total. The van der Waals surface area contributed by atoms with E-state index in [1.807, 2.05) is 0 Å². The molecule has 0 bridgehead atoms. The van der Waals surface area contributed by atoms with Gasteiger partial charge >= 0.3 is 5.97 Å². The quantitative estimate of drug-likeness (QED) is 0.222. The average Bonchev–Trinajstić information content (AvgIpc) is 2.58. The fourth-order valence-corrected chi connectivity index (χ4v) is 3.05. The summed E-state index contributed by atoms with van der Waals surface area (Å²) in [5.41, 5.74) is -1.87. The third-order valence-corrected chi connectivity index (χ3v) is 4.42. The first-order valence-electron chi connectivity index (χ1n) is 7.47. The van der Waals surface area contributed by atoms with Crippen LogP contribution in [0.25, 0.3) is 0 Å². The Hall–Kier alpha value is -1.83. The number of esters is 1. The minimum atomic E-state index is -4.93. The Kier molecular flexibility index (Phi) is 6.72. The van der Waals surface area contributed by atoms with Gasteiger partial charge in [0.15, 0.2) is 23.3 Å². The first kappa shape index (κ1) is 21.5. The van der Waals surface area contributed by atoms with Crippen LogP contribution in [0.15, 0.2) is 0 Å². The zero-order valence-corrected chi connectivity index (χ0v) is 14.3. The van der Waals surface area contributed by atoms with Crippen LogP contribution in [-0.2, 0) is 19.6 Å². The molecule has 0 radical (unpaired) electrons. The highest BCUT2D eigenvalue weighted by molar-refractivity contribution is 7.85. The molecule has 1 aliphatic heterocycles. The van der Waals surface area contributed by atoms with Crippen molar-refractivity contribution in [3.63, 3.8) is 0 Å². The molecule has 1 aliphatic rings. The Bertz CT molecular complexity index is 799. The second-order valence-electron chi connectivity index (χ2n) is 5.61. The highest BCUT2D eigenvalue weighted by Gasteiger charge is 2.32. The SMILES string of the molecule is O=C(OC(CN1CCOCC1)CS(=O)(=O)[O-])c1c(F)c(F)c(F)c(F)c1F. The lowest BCUT2D eigenvalue weighted by Crippen LogP contribution is -2.44. The number of rotatable bonds is 6. The molecule has 1 atom stereocenters. The van der Waals surface area contributed by atoms with Crippen LogP contribution in [-0.4, -0.2) is 68.5 Å². The molecular weight excluding hydrogens is 405 g/mol. The lowest BCUT2D eigenvalue weighted by Gasteiger charge is -2.30. The normalized spacial score (nSPS) is 17.0. The van der Waals surface area contributed by atoms with Gasteiger partial charge in [0.25, 0.3) is 0 Å². The van der Waals surface area contributed by atoms with Crippen molar-refractivity contribution >= 4 is 16.1 Å². The first-order chi connectivity index (χ1) is 12.5. The molecule has 0 spiro atoms. The van der Waals surface area contributed by atoms with Gasteiger partial charge in [0.1, 0.15) is 11.7 Å². The molecule has 1 saturated heterocycles. The van der Waals surface area contributed by atoms with Crippen LogP contribution in [0.3, 0.4) is 0 Å². The van der Waals surface area contributed by atoms with E-state index in [0.717, 1.165) is 0 Å². The van der Waals surface area contributed by atoms with Crippen molar-refractivity contribution in [1.29, 1.82) is 0 Å². The molecule has 2 rings (SSSR count). The Balaban J connectivity index is 2.27. The van der Waals surface area contributed by atoms with Gasteiger partial charge in [-0.25, -0.2) is 35.2 Å². The minimum Gasteiger partial charge on any atom is -0.748 e. The summed E-state index contributed by atoms with van der Waals surface area (Å²) in [6, 6.07) is 0. The van der Waals surface area contributed by atoms with Gasteiger partial charge in [-0.15, -0.1) is 0 Å². The largest absolute Gasteiger partial charge is 0.748 e. The van der Waals surface area contributed by atoms with Gasteiger partial charge in [-0.05, 0) is 0 Å². The third kappa shape index (κ3) is 5.34. The van der Waals surface area contributed by atoms with Crippen molar-refractivity contribution in [3.8, 4) is 0 Å². The van der Waals surface area contributed by atoms with E-state index in [2.05, 4.69) is 4.74 Å². The molecule has 1 unspecified atom stereocenters. The molecule has 0 aliphatic carbocycles. The van der Waals surface area contributed by atoms with Gasteiger partial charge in [-0.2, -0.15) is 0 Å². The molecule has 1 aromatic carbocycles. The van der Waals surface area contributed by atoms with Crippen LogP contribution in [0, 0.1) is 29.1 Å². The smallest absolute Gasteiger partial charge is 0.344 e. The van der Waals surface area contributed by atoms with Gasteiger partial charge in [0.2, 0.25) is 5.82 Å². The highest BCUT2D eigenvalue weighted by Crippen LogP contribution is 2.24. The van der Waals surface area contributed by atoms with Crippen LogP contribution in [0.4, 0.5) is 22.0 Å². The van der Waals surface area contributed by atoms with Gasteiger partial charge < -0.3 is 14.0 Å². The predicted octanol–water partition coefficient (Wildman–Crippen LogP) is 0.785. The zero-order chi connectivity index (χ0) is 20.4. The van der Waals surface area contributed by atoms with E-state index in [9.17, 15) is 39.7 Å². The van der Waals surface area contributed by atoms with Crippen molar-refractivity contribution in [2.24, 2.45) is 0 Å². The number of halogens is 5. The van der Waals surface area contributed by atoms with E-state index in [4.69, 9.17) is 4.74 Å². The summed E-state index contributed by atoms with van der Waals surface area (Å²) < 4.78 is 109. The van der Waals surface area contributed by atoms with Gasteiger partial charge in [0, 0.05) is 19.6 Å². The summed E-state index contributed by atoms with van der Waals surface area (Å²) >= 11 is 0. The molecule has 0 amide bonds.